The van der Waals surface area contributed by atoms with Gasteiger partial charge in [-0.05, 0) is 62.4 Å². The third kappa shape index (κ3) is 4.40. The van der Waals surface area contributed by atoms with Gasteiger partial charge in [0.1, 0.15) is 0 Å². The lowest BCUT2D eigenvalue weighted by Gasteiger charge is -2.35. The summed E-state index contributed by atoms with van der Waals surface area (Å²) in [4.78, 5) is 15.1. The lowest BCUT2D eigenvalue weighted by atomic mass is 10.0. The summed E-state index contributed by atoms with van der Waals surface area (Å²) >= 11 is 6.08. The first-order valence-electron chi connectivity index (χ1n) is 8.47. The minimum Gasteiger partial charge on any atom is -0.339 e. The highest BCUT2D eigenvalue weighted by Gasteiger charge is 2.46. The second kappa shape index (κ2) is 8.36. The molecule has 0 spiro atoms. The number of nitrogens with one attached hydrogen (secondary N) is 1. The van der Waals surface area contributed by atoms with Gasteiger partial charge in [-0.1, -0.05) is 30.7 Å². The Hall–Kier alpha value is -0.770. The fourth-order valence-corrected chi connectivity index (χ4v) is 3.82. The molecule has 0 bridgehead atoms. The Balaban J connectivity index is 0.00000192. The number of carbonyl (C=O) groups excluding carboxylic acids is 1. The van der Waals surface area contributed by atoms with Crippen molar-refractivity contribution in [3.63, 3.8) is 0 Å². The molecule has 1 aliphatic heterocycles. The lowest BCUT2D eigenvalue weighted by Crippen LogP contribution is -2.47. The molecule has 2 atom stereocenters. The maximum atomic E-state index is 12.9. The van der Waals surface area contributed by atoms with Crippen LogP contribution in [0.2, 0.25) is 5.02 Å². The van der Waals surface area contributed by atoms with Crippen LogP contribution in [0.15, 0.2) is 24.3 Å². The van der Waals surface area contributed by atoms with E-state index < -0.39 is 0 Å². The SMILES string of the molecule is CCCN(C(=O)C1CC1c1cccc(Cl)c1)C1CCNCC1.Cl. The molecule has 2 unspecified atom stereocenters. The second-order valence-corrected chi connectivity index (χ2v) is 6.95. The monoisotopic (exact) mass is 356 g/mol. The third-order valence-electron chi connectivity index (χ3n) is 4.88. The molecule has 1 aromatic carbocycles. The average molecular weight is 357 g/mol. The van der Waals surface area contributed by atoms with Gasteiger partial charge in [-0.25, -0.2) is 0 Å². The zero-order valence-corrected chi connectivity index (χ0v) is 15.2. The van der Waals surface area contributed by atoms with E-state index in [4.69, 9.17) is 11.6 Å². The van der Waals surface area contributed by atoms with Crippen LogP contribution < -0.4 is 5.32 Å². The van der Waals surface area contributed by atoms with Gasteiger partial charge in [0, 0.05) is 23.5 Å². The van der Waals surface area contributed by atoms with Crippen LogP contribution in [-0.4, -0.2) is 36.5 Å². The molecule has 1 saturated heterocycles. The van der Waals surface area contributed by atoms with Crippen LogP contribution in [0.1, 0.15) is 44.1 Å². The molecule has 23 heavy (non-hydrogen) atoms. The standard InChI is InChI=1S/C18H25ClN2O.ClH/c1-2-10-21(15-6-8-20-9-7-15)18(22)17-12-16(17)13-4-3-5-14(19)11-13;/h3-5,11,15-17,20H,2,6-10,12H2,1H3;1H. The summed E-state index contributed by atoms with van der Waals surface area (Å²) in [5.74, 6) is 0.894. The van der Waals surface area contributed by atoms with Gasteiger partial charge in [0.05, 0.1) is 0 Å². The first-order chi connectivity index (χ1) is 10.7. The Kier molecular flexibility index (Phi) is 6.75. The molecular formula is C18H26Cl2N2O. The summed E-state index contributed by atoms with van der Waals surface area (Å²) in [6.07, 6.45) is 4.18. The quantitative estimate of drug-likeness (QED) is 0.868. The normalized spacial score (nSPS) is 23.9. The molecule has 2 fully saturated rings. The molecule has 5 heteroatoms. The topological polar surface area (TPSA) is 32.3 Å². The number of carbonyl (C=O) groups is 1. The first kappa shape index (κ1) is 18.6. The molecule has 1 N–H and O–H groups in total. The van der Waals surface area contributed by atoms with Crippen molar-refractivity contribution >= 4 is 29.9 Å². The van der Waals surface area contributed by atoms with Crippen LogP contribution in [0.5, 0.6) is 0 Å². The van der Waals surface area contributed by atoms with E-state index in [0.29, 0.717) is 17.9 Å². The Labute approximate surface area is 150 Å². The molecule has 1 amide bonds. The van der Waals surface area contributed by atoms with Gasteiger partial charge in [-0.2, -0.15) is 0 Å². The number of piperidine rings is 1. The number of halogens is 2. The van der Waals surface area contributed by atoms with E-state index in [0.717, 1.165) is 50.3 Å². The summed E-state index contributed by atoms with van der Waals surface area (Å²) in [6.45, 7) is 5.10. The highest BCUT2D eigenvalue weighted by molar-refractivity contribution is 6.30. The predicted molar refractivity (Wildman–Crippen MR) is 97.4 cm³/mol. The lowest BCUT2D eigenvalue weighted by molar-refractivity contribution is -0.135. The molecule has 1 aliphatic carbocycles. The number of nitrogens with zero attached hydrogens (tertiary/aromatic N) is 1. The maximum Gasteiger partial charge on any atom is 0.226 e. The number of hydrogen-bond donors (Lipinski definition) is 1. The van der Waals surface area contributed by atoms with Gasteiger partial charge >= 0.3 is 0 Å². The molecule has 128 valence electrons. The van der Waals surface area contributed by atoms with Crippen LogP contribution in [0.25, 0.3) is 0 Å². The van der Waals surface area contributed by atoms with Crippen molar-refractivity contribution in [3.05, 3.63) is 34.9 Å². The van der Waals surface area contributed by atoms with Gasteiger partial charge in [-0.3, -0.25) is 4.79 Å². The molecule has 2 aliphatic rings. The summed E-state index contributed by atoms with van der Waals surface area (Å²) in [5, 5.41) is 4.15. The Morgan fingerprint density at radius 2 is 2.09 bits per heavy atom. The molecule has 0 radical (unpaired) electrons. The Morgan fingerprint density at radius 1 is 1.35 bits per heavy atom. The molecule has 1 aromatic rings. The van der Waals surface area contributed by atoms with Crippen molar-refractivity contribution in [1.29, 1.82) is 0 Å². The smallest absolute Gasteiger partial charge is 0.226 e. The predicted octanol–water partition coefficient (Wildman–Crippen LogP) is 3.86. The molecular weight excluding hydrogens is 331 g/mol. The van der Waals surface area contributed by atoms with Crippen LogP contribution in [0.4, 0.5) is 0 Å². The summed E-state index contributed by atoms with van der Waals surface area (Å²) in [7, 11) is 0. The largest absolute Gasteiger partial charge is 0.339 e. The van der Waals surface area contributed by atoms with Crippen LogP contribution >= 0.6 is 24.0 Å². The van der Waals surface area contributed by atoms with E-state index in [2.05, 4.69) is 23.2 Å². The van der Waals surface area contributed by atoms with Gasteiger partial charge in [0.25, 0.3) is 0 Å². The zero-order chi connectivity index (χ0) is 15.5. The van der Waals surface area contributed by atoms with Crippen molar-refractivity contribution in [1.82, 2.24) is 10.2 Å². The fourth-order valence-electron chi connectivity index (χ4n) is 3.62. The number of amides is 1. The van der Waals surface area contributed by atoms with Gasteiger partial charge in [-0.15, -0.1) is 12.4 Å². The van der Waals surface area contributed by atoms with E-state index >= 15 is 0 Å². The highest BCUT2D eigenvalue weighted by atomic mass is 35.5. The number of hydrogen-bond acceptors (Lipinski definition) is 2. The van der Waals surface area contributed by atoms with Crippen LogP contribution in [-0.2, 0) is 4.79 Å². The maximum absolute atomic E-state index is 12.9. The van der Waals surface area contributed by atoms with Crippen molar-refractivity contribution in [3.8, 4) is 0 Å². The number of rotatable bonds is 5. The first-order valence-corrected chi connectivity index (χ1v) is 8.85. The van der Waals surface area contributed by atoms with Gasteiger partial charge in [0.15, 0.2) is 0 Å². The van der Waals surface area contributed by atoms with Gasteiger partial charge < -0.3 is 10.2 Å². The summed E-state index contributed by atoms with van der Waals surface area (Å²) < 4.78 is 0. The molecule has 1 saturated carbocycles. The van der Waals surface area contributed by atoms with Crippen molar-refractivity contribution in [2.45, 2.75) is 44.6 Å². The Bertz CT molecular complexity index is 532. The molecule has 3 nitrogen and oxygen atoms in total. The van der Waals surface area contributed by atoms with E-state index in [1.807, 2.05) is 18.2 Å². The van der Waals surface area contributed by atoms with E-state index in [1.165, 1.54) is 5.56 Å². The average Bonchev–Trinajstić information content (AvgIpc) is 3.33. The fraction of sp³-hybridized carbons (Fsp3) is 0.611. The zero-order valence-electron chi connectivity index (χ0n) is 13.6. The minimum atomic E-state index is 0. The number of benzene rings is 1. The van der Waals surface area contributed by atoms with Gasteiger partial charge in [0.2, 0.25) is 5.91 Å². The molecule has 3 rings (SSSR count). The summed E-state index contributed by atoms with van der Waals surface area (Å²) in [6, 6.07) is 8.40. The van der Waals surface area contributed by atoms with E-state index in [9.17, 15) is 4.79 Å². The summed E-state index contributed by atoms with van der Waals surface area (Å²) in [5.41, 5.74) is 1.22. The highest BCUT2D eigenvalue weighted by Crippen LogP contribution is 2.49. The van der Waals surface area contributed by atoms with Crippen molar-refractivity contribution in [2.75, 3.05) is 19.6 Å². The van der Waals surface area contributed by atoms with E-state index in [1.54, 1.807) is 0 Å². The second-order valence-electron chi connectivity index (χ2n) is 6.52. The minimum absolute atomic E-state index is 0. The van der Waals surface area contributed by atoms with E-state index in [-0.39, 0.29) is 18.3 Å². The van der Waals surface area contributed by atoms with Crippen molar-refractivity contribution in [2.24, 2.45) is 5.92 Å². The van der Waals surface area contributed by atoms with Crippen LogP contribution in [0.3, 0.4) is 0 Å². The third-order valence-corrected chi connectivity index (χ3v) is 5.12. The Morgan fingerprint density at radius 3 is 2.74 bits per heavy atom. The van der Waals surface area contributed by atoms with Crippen LogP contribution in [0, 0.1) is 5.92 Å². The van der Waals surface area contributed by atoms with Crippen molar-refractivity contribution < 1.29 is 4.79 Å². The molecule has 0 aromatic heterocycles. The molecule has 1 heterocycles.